The number of amides is 1. The first-order valence-corrected chi connectivity index (χ1v) is 9.15. The van der Waals surface area contributed by atoms with Crippen molar-refractivity contribution < 1.29 is 9.90 Å². The smallest absolute Gasteiger partial charge is 0.237 e. The predicted molar refractivity (Wildman–Crippen MR) is 97.9 cm³/mol. The standard InChI is InChI=1S/C19H25N5O2/c1-14-3-4-17-16(11-14)19(18(26)22(17)2)5-7-23(8-6-19)12-15-13-24(9-10-25)21-20-15/h3-4,11,13,25H,5-10,12H2,1-2H3. The highest BCUT2D eigenvalue weighted by Crippen LogP contribution is 2.47. The highest BCUT2D eigenvalue weighted by atomic mass is 16.3. The Hall–Kier alpha value is -2.25. The third kappa shape index (κ3) is 2.71. The van der Waals surface area contributed by atoms with Gasteiger partial charge in [-0.05, 0) is 44.5 Å². The molecule has 1 N–H and O–H groups in total. The van der Waals surface area contributed by atoms with Crippen LogP contribution in [0.2, 0.25) is 0 Å². The summed E-state index contributed by atoms with van der Waals surface area (Å²) in [5.74, 6) is 0.228. The zero-order valence-electron chi connectivity index (χ0n) is 15.4. The van der Waals surface area contributed by atoms with E-state index in [1.165, 1.54) is 11.1 Å². The number of nitrogens with zero attached hydrogens (tertiary/aromatic N) is 5. The van der Waals surface area contributed by atoms with Crippen LogP contribution in [0.15, 0.2) is 24.4 Å². The Morgan fingerprint density at radius 3 is 2.77 bits per heavy atom. The molecule has 7 nitrogen and oxygen atoms in total. The monoisotopic (exact) mass is 355 g/mol. The van der Waals surface area contributed by atoms with Crippen molar-refractivity contribution >= 4 is 11.6 Å². The molecule has 0 saturated carbocycles. The van der Waals surface area contributed by atoms with Crippen molar-refractivity contribution in [2.75, 3.05) is 31.6 Å². The first-order chi connectivity index (χ1) is 12.5. The van der Waals surface area contributed by atoms with Gasteiger partial charge in [-0.25, -0.2) is 4.68 Å². The molecular formula is C19H25N5O2. The molecule has 0 bridgehead atoms. The maximum Gasteiger partial charge on any atom is 0.237 e. The molecule has 1 amide bonds. The van der Waals surface area contributed by atoms with E-state index in [-0.39, 0.29) is 17.9 Å². The fourth-order valence-electron chi connectivity index (χ4n) is 4.30. The maximum atomic E-state index is 13.0. The summed E-state index contributed by atoms with van der Waals surface area (Å²) in [5, 5.41) is 17.2. The second kappa shape index (κ2) is 6.48. The fraction of sp³-hybridized carbons (Fsp3) is 0.526. The van der Waals surface area contributed by atoms with Gasteiger partial charge in [0.15, 0.2) is 0 Å². The second-order valence-corrected chi connectivity index (χ2v) is 7.44. The third-order valence-electron chi connectivity index (χ3n) is 5.75. The van der Waals surface area contributed by atoms with Crippen LogP contribution >= 0.6 is 0 Å². The van der Waals surface area contributed by atoms with E-state index in [4.69, 9.17) is 5.11 Å². The number of aromatic nitrogens is 3. The van der Waals surface area contributed by atoms with Gasteiger partial charge in [0, 0.05) is 25.5 Å². The molecule has 1 aromatic heterocycles. The summed E-state index contributed by atoms with van der Waals surface area (Å²) in [6, 6.07) is 6.34. The van der Waals surface area contributed by atoms with Crippen LogP contribution in [0.25, 0.3) is 0 Å². The number of aryl methyl sites for hydroxylation is 1. The summed E-state index contributed by atoms with van der Waals surface area (Å²) in [7, 11) is 1.89. The Kier molecular flexibility index (Phi) is 4.28. The van der Waals surface area contributed by atoms with Gasteiger partial charge in [0.25, 0.3) is 0 Å². The lowest BCUT2D eigenvalue weighted by atomic mass is 9.73. The summed E-state index contributed by atoms with van der Waals surface area (Å²) in [4.78, 5) is 17.2. The third-order valence-corrected chi connectivity index (χ3v) is 5.75. The molecule has 26 heavy (non-hydrogen) atoms. The van der Waals surface area contributed by atoms with E-state index in [1.807, 2.05) is 18.1 Å². The molecule has 138 valence electrons. The number of carbonyl (C=O) groups is 1. The number of likely N-dealkylation sites (tertiary alicyclic amines) is 1. The minimum absolute atomic E-state index is 0.0590. The first kappa shape index (κ1) is 17.2. The van der Waals surface area contributed by atoms with E-state index < -0.39 is 0 Å². The van der Waals surface area contributed by atoms with Crippen molar-refractivity contribution in [3.63, 3.8) is 0 Å². The van der Waals surface area contributed by atoms with Gasteiger partial charge in [-0.2, -0.15) is 0 Å². The number of fused-ring (bicyclic) bond motifs is 2. The van der Waals surface area contributed by atoms with Gasteiger partial charge in [0.05, 0.1) is 24.3 Å². The zero-order chi connectivity index (χ0) is 18.3. The van der Waals surface area contributed by atoms with Crippen molar-refractivity contribution in [1.82, 2.24) is 19.9 Å². The van der Waals surface area contributed by atoms with Crippen molar-refractivity contribution in [3.05, 3.63) is 41.2 Å². The van der Waals surface area contributed by atoms with E-state index in [1.54, 1.807) is 4.68 Å². The molecule has 2 aromatic rings. The van der Waals surface area contributed by atoms with E-state index in [0.29, 0.717) is 6.54 Å². The number of benzene rings is 1. The SMILES string of the molecule is Cc1ccc2c(c1)C1(CCN(Cc3cn(CCO)nn3)CC1)C(=O)N2C. The van der Waals surface area contributed by atoms with Gasteiger partial charge in [-0.1, -0.05) is 22.9 Å². The Labute approximate surface area is 153 Å². The minimum Gasteiger partial charge on any atom is -0.394 e. The Bertz CT molecular complexity index is 823. The highest BCUT2D eigenvalue weighted by Gasteiger charge is 2.50. The average molecular weight is 355 g/mol. The van der Waals surface area contributed by atoms with Gasteiger partial charge in [0.1, 0.15) is 0 Å². The van der Waals surface area contributed by atoms with E-state index >= 15 is 0 Å². The van der Waals surface area contributed by atoms with Crippen LogP contribution in [0, 0.1) is 6.92 Å². The molecule has 1 aromatic carbocycles. The highest BCUT2D eigenvalue weighted by molar-refractivity contribution is 6.07. The summed E-state index contributed by atoms with van der Waals surface area (Å²) in [5.41, 5.74) is 3.98. The number of anilines is 1. The van der Waals surface area contributed by atoms with Crippen LogP contribution in [-0.4, -0.2) is 57.7 Å². The van der Waals surface area contributed by atoms with Gasteiger partial charge in [-0.15, -0.1) is 5.10 Å². The summed E-state index contributed by atoms with van der Waals surface area (Å²) in [6.07, 6.45) is 3.54. The van der Waals surface area contributed by atoms with Gasteiger partial charge >= 0.3 is 0 Å². The average Bonchev–Trinajstić information content (AvgIpc) is 3.15. The lowest BCUT2D eigenvalue weighted by Gasteiger charge is -2.38. The topological polar surface area (TPSA) is 74.5 Å². The fourth-order valence-corrected chi connectivity index (χ4v) is 4.30. The largest absolute Gasteiger partial charge is 0.394 e. The normalized spacial score (nSPS) is 19.3. The Morgan fingerprint density at radius 2 is 2.04 bits per heavy atom. The molecule has 7 heteroatoms. The number of hydrogen-bond acceptors (Lipinski definition) is 5. The molecule has 0 atom stereocenters. The van der Waals surface area contributed by atoms with Crippen molar-refractivity contribution in [2.24, 2.45) is 0 Å². The number of likely N-dealkylation sites (N-methyl/N-ethyl adjacent to an activating group) is 1. The van der Waals surface area contributed by atoms with Crippen molar-refractivity contribution in [3.8, 4) is 0 Å². The van der Waals surface area contributed by atoms with Crippen molar-refractivity contribution in [2.45, 2.75) is 38.3 Å². The number of piperidine rings is 1. The van der Waals surface area contributed by atoms with Crippen LogP contribution in [0.3, 0.4) is 0 Å². The zero-order valence-corrected chi connectivity index (χ0v) is 15.4. The van der Waals surface area contributed by atoms with Gasteiger partial charge in [-0.3, -0.25) is 9.69 Å². The quantitative estimate of drug-likeness (QED) is 0.889. The number of aliphatic hydroxyl groups excluding tert-OH is 1. The Morgan fingerprint density at radius 1 is 1.27 bits per heavy atom. The number of hydrogen-bond donors (Lipinski definition) is 1. The molecule has 2 aliphatic rings. The predicted octanol–water partition coefficient (Wildman–Crippen LogP) is 1.09. The summed E-state index contributed by atoms with van der Waals surface area (Å²) >= 11 is 0. The van der Waals surface area contributed by atoms with Crippen LogP contribution in [0.5, 0.6) is 0 Å². The number of aliphatic hydroxyl groups is 1. The van der Waals surface area contributed by atoms with E-state index in [9.17, 15) is 4.79 Å². The minimum atomic E-state index is -0.374. The van der Waals surface area contributed by atoms with Crippen LogP contribution in [0.4, 0.5) is 5.69 Å². The van der Waals surface area contributed by atoms with Crippen LogP contribution < -0.4 is 4.90 Å². The molecular weight excluding hydrogens is 330 g/mol. The first-order valence-electron chi connectivity index (χ1n) is 9.15. The molecule has 0 unspecified atom stereocenters. The summed E-state index contributed by atoms with van der Waals surface area (Å²) in [6.45, 7) is 5.06. The van der Waals surface area contributed by atoms with Gasteiger partial charge in [0.2, 0.25) is 5.91 Å². The number of rotatable bonds is 4. The maximum absolute atomic E-state index is 13.0. The lowest BCUT2D eigenvalue weighted by Crippen LogP contribution is -2.47. The molecule has 0 radical (unpaired) electrons. The lowest BCUT2D eigenvalue weighted by molar-refractivity contribution is -0.124. The second-order valence-electron chi connectivity index (χ2n) is 7.44. The van der Waals surface area contributed by atoms with Crippen molar-refractivity contribution in [1.29, 1.82) is 0 Å². The van der Waals surface area contributed by atoms with E-state index in [0.717, 1.165) is 43.9 Å². The van der Waals surface area contributed by atoms with E-state index in [2.05, 4.69) is 40.3 Å². The van der Waals surface area contributed by atoms with Gasteiger partial charge < -0.3 is 10.0 Å². The molecule has 1 fully saturated rings. The van der Waals surface area contributed by atoms with Crippen LogP contribution in [0.1, 0.15) is 29.7 Å². The molecule has 1 saturated heterocycles. The molecule has 2 aliphatic heterocycles. The Balaban J connectivity index is 1.49. The number of carbonyl (C=O) groups excluding carboxylic acids is 1. The molecule has 0 aliphatic carbocycles. The molecule has 3 heterocycles. The molecule has 1 spiro atoms. The van der Waals surface area contributed by atoms with Crippen LogP contribution in [-0.2, 0) is 23.3 Å². The summed E-state index contributed by atoms with van der Waals surface area (Å²) < 4.78 is 1.66. The molecule has 4 rings (SSSR count).